The fourth-order valence-corrected chi connectivity index (χ4v) is 13.4. The van der Waals surface area contributed by atoms with Crippen LogP contribution in [0.1, 0.15) is 112 Å². The predicted molar refractivity (Wildman–Crippen MR) is 538 cm³/mol. The van der Waals surface area contributed by atoms with Gasteiger partial charge >= 0.3 is 48.0 Å². The van der Waals surface area contributed by atoms with Crippen molar-refractivity contribution in [3.05, 3.63) is 351 Å². The van der Waals surface area contributed by atoms with Crippen molar-refractivity contribution in [3.8, 4) is 28.7 Å². The van der Waals surface area contributed by atoms with Gasteiger partial charge in [0.15, 0.2) is 0 Å². The summed E-state index contributed by atoms with van der Waals surface area (Å²) in [7, 11) is 6.47. The van der Waals surface area contributed by atoms with Crippen molar-refractivity contribution in [3.63, 3.8) is 0 Å². The number of aryl methyl sites for hydroxylation is 5. The fourth-order valence-electron chi connectivity index (χ4n) is 13.4. The van der Waals surface area contributed by atoms with Crippen LogP contribution < -0.4 is 76.9 Å². The first-order chi connectivity index (χ1) is 67.1. The van der Waals surface area contributed by atoms with Crippen LogP contribution >= 0.6 is 0 Å². The first kappa shape index (κ1) is 106. The van der Waals surface area contributed by atoms with Crippen LogP contribution in [0.2, 0.25) is 0 Å². The topological polar surface area (TPSA) is 459 Å². The molecule has 0 spiro atoms. The summed E-state index contributed by atoms with van der Waals surface area (Å²) in [6.45, 7) is 13.0. The average molecular weight is 1900 g/mol. The van der Waals surface area contributed by atoms with E-state index in [9.17, 15) is 57.5 Å². The Balaban J connectivity index is 0.000000209. The summed E-state index contributed by atoms with van der Waals surface area (Å²) in [6, 6.07) is 77.6. The van der Waals surface area contributed by atoms with E-state index in [0.717, 1.165) is 74.4 Å². The number of carboxylic acids is 4. The third-order valence-corrected chi connectivity index (χ3v) is 21.3. The minimum absolute atomic E-state index is 0.0312. The summed E-state index contributed by atoms with van der Waals surface area (Å²) >= 11 is 0. The van der Waals surface area contributed by atoms with E-state index < -0.39 is 29.9 Å². The molecule has 12 rings (SSSR count). The first-order valence-electron chi connectivity index (χ1n) is 44.5. The summed E-state index contributed by atoms with van der Waals surface area (Å²) in [4.78, 5) is 146. The molecular formula is C107H114N12O21. The Kier molecular flexibility index (Phi) is 41.1. The third-order valence-electron chi connectivity index (χ3n) is 21.3. The van der Waals surface area contributed by atoms with Gasteiger partial charge < -0.3 is 107 Å². The van der Waals surface area contributed by atoms with E-state index in [1.54, 1.807) is 169 Å². The van der Waals surface area contributed by atoms with Crippen LogP contribution in [-0.4, -0.2) is 175 Å². The van der Waals surface area contributed by atoms with Crippen molar-refractivity contribution in [2.75, 3.05) is 104 Å². The molecule has 12 amide bonds. The number of nitrogens with one attached hydrogen (secondary N) is 10. The number of methoxy groups -OCH3 is 2. The normalized spacial score (nSPS) is 10.8. The molecule has 0 saturated heterocycles. The summed E-state index contributed by atoms with van der Waals surface area (Å²) < 4.78 is 27.6. The van der Waals surface area contributed by atoms with Gasteiger partial charge in [0.05, 0.1) is 92.2 Å². The molecule has 0 aromatic heterocycles. The standard InChI is InChI=1S/C28H31N3O5.C27H29N3O6.2C26H27N3O5/c1-19-7-4-5-9-23(19)29-28(35)30-24-15-12-21(17-25(24)36-3)18-26(32)31(2)16-6-8-20-10-13-22(14-11-20)27(33)34;1-17-6-4-5-7-22(17)29-27(34)30-23-13-8-19(14-24(23)35-3)15-25(31)28-18(2)16-36-21-11-9-20(10-12-21)26(32)33;1-17-5-3-4-6-23(17)29-26(33)28-21-11-7-19(8-12-21)15-24(30)27-18(2)16-34-22-13-9-20(10-14-22)25(31)32;1-18-5-3-4-6-23(18)28-26(33)27-21-11-7-19(8-12-21)17-24(30)29(2)15-16-34-22-13-9-20(10-14-22)25(31)32/h4-5,7,9-15,17H,6,8,16,18H2,1-3H3,(H,33,34)(H2,29,30,35);4-14,18H,15-16H2,1-3H3,(H,28,31)(H,32,33)(H2,29,30,34);3-14,18H,15-16H2,1-2H3,(H,27,30)(H,31,32)(H2,28,29,33);3-14H,15-17H2,1-2H3,(H,31,32)(H2,27,28,33)/t;2*18-;/m.00./s1. The summed E-state index contributed by atoms with van der Waals surface area (Å²) in [6.07, 6.45) is 2.24. The molecule has 0 bridgehead atoms. The molecular weight excluding hydrogens is 1790 g/mol. The molecule has 728 valence electrons. The number of urea groups is 4. The van der Waals surface area contributed by atoms with Crippen LogP contribution in [0.15, 0.2) is 279 Å². The lowest BCUT2D eigenvalue weighted by Gasteiger charge is -2.18. The lowest BCUT2D eigenvalue weighted by molar-refractivity contribution is -0.130. The van der Waals surface area contributed by atoms with Crippen LogP contribution in [-0.2, 0) is 51.3 Å². The van der Waals surface area contributed by atoms with E-state index in [1.165, 1.54) is 50.6 Å². The Bertz CT molecular complexity index is 6250. The van der Waals surface area contributed by atoms with Crippen LogP contribution in [0.4, 0.5) is 64.7 Å². The summed E-state index contributed by atoms with van der Waals surface area (Å²) in [5.74, 6) is -1.92. The second-order valence-electron chi connectivity index (χ2n) is 32.4. The highest BCUT2D eigenvalue weighted by Gasteiger charge is 2.20. The van der Waals surface area contributed by atoms with Crippen molar-refractivity contribution < 1.29 is 102 Å². The van der Waals surface area contributed by atoms with Gasteiger partial charge in [0.2, 0.25) is 23.6 Å². The van der Waals surface area contributed by atoms with E-state index in [-0.39, 0.29) is 122 Å². The van der Waals surface area contributed by atoms with Crippen LogP contribution in [0.25, 0.3) is 0 Å². The first-order valence-corrected chi connectivity index (χ1v) is 44.5. The van der Waals surface area contributed by atoms with E-state index in [0.29, 0.717) is 75.8 Å². The minimum Gasteiger partial charge on any atom is -0.495 e. The van der Waals surface area contributed by atoms with Crippen molar-refractivity contribution in [1.82, 2.24) is 20.4 Å². The smallest absolute Gasteiger partial charge is 0.335 e. The number of hydrogen-bond donors (Lipinski definition) is 14. The minimum atomic E-state index is -1.01. The zero-order valence-electron chi connectivity index (χ0n) is 79.1. The number of benzene rings is 12. The van der Waals surface area contributed by atoms with Gasteiger partial charge in [0.25, 0.3) is 0 Å². The van der Waals surface area contributed by atoms with Gasteiger partial charge in [-0.15, -0.1) is 0 Å². The average Bonchev–Trinajstić information content (AvgIpc) is 0.840. The van der Waals surface area contributed by atoms with E-state index in [2.05, 4.69) is 53.2 Å². The van der Waals surface area contributed by atoms with Crippen LogP contribution in [0.5, 0.6) is 28.7 Å². The zero-order chi connectivity index (χ0) is 101. The lowest BCUT2D eigenvalue weighted by atomic mass is 10.1. The Morgan fingerprint density at radius 2 is 0.586 bits per heavy atom. The van der Waals surface area contributed by atoms with Crippen LogP contribution in [0.3, 0.4) is 0 Å². The number of hydrogen-bond acceptors (Lipinski definition) is 17. The number of nitrogens with zero attached hydrogens (tertiary/aromatic N) is 2. The van der Waals surface area contributed by atoms with Gasteiger partial charge in [-0.3, -0.25) is 19.2 Å². The van der Waals surface area contributed by atoms with Crippen molar-refractivity contribution >= 4 is 117 Å². The highest BCUT2D eigenvalue weighted by Crippen LogP contribution is 2.30. The van der Waals surface area contributed by atoms with Crippen LogP contribution in [0, 0.1) is 27.7 Å². The Labute approximate surface area is 811 Å². The van der Waals surface area contributed by atoms with Crippen molar-refractivity contribution in [2.45, 2.75) is 92.2 Å². The molecule has 2 atom stereocenters. The zero-order valence-corrected chi connectivity index (χ0v) is 79.1. The quantitative estimate of drug-likeness (QED) is 0.0171. The maximum atomic E-state index is 12.7. The molecule has 0 radical (unpaired) electrons. The number of carbonyl (C=O) groups is 12. The van der Waals surface area contributed by atoms with Gasteiger partial charge in [0.1, 0.15) is 48.6 Å². The Hall–Kier alpha value is -17.5. The second-order valence-corrected chi connectivity index (χ2v) is 32.4. The molecule has 0 aliphatic carbocycles. The molecule has 0 unspecified atom stereocenters. The number of carboxylic acid groups (broad SMARTS) is 4. The van der Waals surface area contributed by atoms with E-state index in [4.69, 9.17) is 44.1 Å². The number of ether oxygens (including phenoxy) is 5. The molecule has 140 heavy (non-hydrogen) atoms. The maximum Gasteiger partial charge on any atom is 0.335 e. The number of carbonyl (C=O) groups excluding carboxylic acids is 8. The molecule has 14 N–H and O–H groups in total. The molecule has 0 fully saturated rings. The van der Waals surface area contributed by atoms with Gasteiger partial charge in [-0.05, 0) is 262 Å². The molecule has 12 aromatic carbocycles. The van der Waals surface area contributed by atoms with Crippen molar-refractivity contribution in [2.24, 2.45) is 0 Å². The van der Waals surface area contributed by atoms with Crippen molar-refractivity contribution in [1.29, 1.82) is 0 Å². The molecule has 33 heteroatoms. The van der Waals surface area contributed by atoms with Gasteiger partial charge in [-0.1, -0.05) is 121 Å². The number of amides is 12. The number of para-hydroxylation sites is 4. The second kappa shape index (κ2) is 54.1. The number of anilines is 8. The highest BCUT2D eigenvalue weighted by atomic mass is 16.5. The molecule has 33 nitrogen and oxygen atoms in total. The summed E-state index contributed by atoms with van der Waals surface area (Å²) in [5, 5.41) is 63.9. The van der Waals surface area contributed by atoms with E-state index in [1.807, 2.05) is 139 Å². The molecule has 12 aromatic rings. The van der Waals surface area contributed by atoms with Gasteiger partial charge in [-0.25, -0.2) is 38.4 Å². The molecule has 0 aliphatic rings. The summed E-state index contributed by atoms with van der Waals surface area (Å²) in [5.41, 5.74) is 13.9. The lowest BCUT2D eigenvalue weighted by Crippen LogP contribution is -2.37. The molecule has 0 aliphatic heterocycles. The Morgan fingerprint density at radius 3 is 0.929 bits per heavy atom. The number of aromatic carboxylic acids is 4. The SMILES string of the molecule is COc1cc(CC(=O)N(C)CCCc2ccc(C(=O)O)cc2)ccc1NC(=O)Nc1ccccc1C.COc1cc(CC(=O)N[C@@H](C)COc2ccc(C(=O)O)cc2)ccc1NC(=O)Nc1ccccc1C.Cc1ccccc1NC(=O)Nc1ccc(CC(=O)N(C)CCOc2ccc(C(=O)O)cc2)cc1.Cc1ccccc1NC(=O)Nc1ccc(CC(=O)N[C@@H](C)COc2ccc(C(=O)O)cc2)cc1. The van der Waals surface area contributed by atoms with Gasteiger partial charge in [0, 0.05) is 54.8 Å². The molecule has 0 heterocycles. The fraction of sp³-hybridized carbons (Fsp3) is 0.215. The monoisotopic (exact) mass is 1900 g/mol. The molecule has 0 saturated carbocycles. The van der Waals surface area contributed by atoms with Gasteiger partial charge in [-0.2, -0.15) is 0 Å². The van der Waals surface area contributed by atoms with E-state index >= 15 is 0 Å². The number of rotatable bonds is 38. The Morgan fingerprint density at radius 1 is 0.307 bits per heavy atom. The predicted octanol–water partition coefficient (Wildman–Crippen LogP) is 18.3. The largest absolute Gasteiger partial charge is 0.495 e. The number of likely N-dealkylation sites (N-methyl/N-ethyl adjacent to an activating group) is 2. The maximum absolute atomic E-state index is 12.7. The third kappa shape index (κ3) is 36.0. The highest BCUT2D eigenvalue weighted by molar-refractivity contribution is 6.04.